The summed E-state index contributed by atoms with van der Waals surface area (Å²) in [6.45, 7) is 1.97. The summed E-state index contributed by atoms with van der Waals surface area (Å²) in [4.78, 5) is 29.1. The molecule has 3 aliphatic rings. The van der Waals surface area contributed by atoms with Gasteiger partial charge < -0.3 is 9.47 Å². The van der Waals surface area contributed by atoms with E-state index in [1.807, 2.05) is 6.92 Å². The summed E-state index contributed by atoms with van der Waals surface area (Å²) in [6, 6.07) is 17.2. The molecule has 0 aromatic heterocycles. The van der Waals surface area contributed by atoms with E-state index in [4.69, 9.17) is 9.47 Å². The zero-order valence-corrected chi connectivity index (χ0v) is 21.1. The van der Waals surface area contributed by atoms with Crippen molar-refractivity contribution >= 4 is 28.3 Å². The quantitative estimate of drug-likeness (QED) is 0.374. The third kappa shape index (κ3) is 4.05. The van der Waals surface area contributed by atoms with Gasteiger partial charge in [-0.2, -0.15) is 18.4 Å². The predicted molar refractivity (Wildman–Crippen MR) is 136 cm³/mol. The van der Waals surface area contributed by atoms with Gasteiger partial charge in [-0.1, -0.05) is 30.3 Å². The molecule has 0 spiro atoms. The van der Waals surface area contributed by atoms with Crippen molar-refractivity contribution in [3.63, 3.8) is 0 Å². The molecule has 0 saturated carbocycles. The van der Waals surface area contributed by atoms with E-state index in [1.54, 1.807) is 36.4 Å². The van der Waals surface area contributed by atoms with Gasteiger partial charge >= 0.3 is 6.18 Å². The monoisotopic (exact) mass is 534 g/mol. The van der Waals surface area contributed by atoms with Crippen LogP contribution in [-0.4, -0.2) is 29.6 Å². The van der Waals surface area contributed by atoms with E-state index in [9.17, 15) is 28.0 Å². The zero-order chi connectivity index (χ0) is 27.6. The van der Waals surface area contributed by atoms with Crippen molar-refractivity contribution in [2.24, 2.45) is 11.8 Å². The Morgan fingerprint density at radius 2 is 1.82 bits per heavy atom. The van der Waals surface area contributed by atoms with E-state index >= 15 is 0 Å². The second-order valence-electron chi connectivity index (χ2n) is 10.8. The Morgan fingerprint density at radius 3 is 2.56 bits per heavy atom. The Labute approximate surface area is 222 Å². The van der Waals surface area contributed by atoms with Crippen LogP contribution in [0.1, 0.15) is 43.7 Å². The van der Waals surface area contributed by atoms with Crippen molar-refractivity contribution < 1.29 is 32.2 Å². The number of alkyl halides is 3. The molecule has 3 aromatic carbocycles. The Balaban J connectivity index is 1.31. The number of ether oxygens (including phenoxy) is 2. The maximum Gasteiger partial charge on any atom is 0.416 e. The van der Waals surface area contributed by atoms with Gasteiger partial charge in [-0.15, -0.1) is 0 Å². The first kappa shape index (κ1) is 25.4. The molecule has 4 atom stereocenters. The summed E-state index contributed by atoms with van der Waals surface area (Å²) < 4.78 is 51.6. The number of amides is 2. The Morgan fingerprint density at radius 1 is 1.05 bits per heavy atom. The molecule has 9 heteroatoms. The smallest absolute Gasteiger partial charge is 0.416 e. The van der Waals surface area contributed by atoms with Crippen LogP contribution in [0.5, 0.6) is 5.75 Å². The van der Waals surface area contributed by atoms with Crippen LogP contribution in [-0.2, 0) is 20.5 Å². The number of halogens is 3. The number of hydrogen-bond acceptors (Lipinski definition) is 5. The normalized spacial score (nSPS) is 28.0. The molecular weight excluding hydrogens is 509 g/mol. The van der Waals surface area contributed by atoms with Gasteiger partial charge in [0, 0.05) is 17.2 Å². The number of carbonyl (C=O) groups is 2. The predicted octanol–water partition coefficient (Wildman–Crippen LogP) is 6.02. The minimum Gasteiger partial charge on any atom is -0.493 e. The number of carbonyl (C=O) groups excluding carboxylic acids is 2. The molecule has 3 saturated heterocycles. The van der Waals surface area contributed by atoms with E-state index in [0.29, 0.717) is 41.3 Å². The van der Waals surface area contributed by atoms with Gasteiger partial charge in [0.15, 0.2) is 0 Å². The summed E-state index contributed by atoms with van der Waals surface area (Å²) in [5.41, 5.74) is -1.48. The van der Waals surface area contributed by atoms with Crippen LogP contribution in [0.25, 0.3) is 10.8 Å². The number of nitrogens with zero attached hydrogens (tertiary/aromatic N) is 2. The number of fused-ring (bicyclic) bond motifs is 5. The largest absolute Gasteiger partial charge is 0.493 e. The first-order chi connectivity index (χ1) is 18.6. The molecule has 0 aliphatic carbocycles. The van der Waals surface area contributed by atoms with Crippen LogP contribution in [0.15, 0.2) is 60.7 Å². The lowest BCUT2D eigenvalue weighted by Crippen LogP contribution is -2.52. The standard InChI is InChI=1S/C30H25F3N2O4/c1-28-11-12-29(39-28,13-14-38-20-6-4-5-19(15-20)30(31,32)33)25-23(16-28)26(36)35(27(25)37)24-10-9-18(17-34)21-7-2-3-8-22(21)24/h2-10,15,23,25H,11-14,16H2,1H3/t23-,25+,28-,29-/m1/s1. The molecular formula is C30H25F3N2O4. The molecule has 3 aliphatic heterocycles. The highest BCUT2D eigenvalue weighted by molar-refractivity contribution is 6.25. The highest BCUT2D eigenvalue weighted by Crippen LogP contribution is 2.58. The SMILES string of the molecule is C[C@]12CC[C@](CCOc3cccc(C(F)(F)F)c3)(O1)[C@@H]1C(=O)N(c3ccc(C#N)c4ccccc34)C(=O)[C@@H]1C2. The summed E-state index contributed by atoms with van der Waals surface area (Å²) in [6.07, 6.45) is -2.62. The van der Waals surface area contributed by atoms with E-state index in [1.165, 1.54) is 17.0 Å². The van der Waals surface area contributed by atoms with Crippen molar-refractivity contribution in [1.29, 1.82) is 5.26 Å². The summed E-state index contributed by atoms with van der Waals surface area (Å²) in [5.74, 6) is -1.89. The van der Waals surface area contributed by atoms with Crippen molar-refractivity contribution in [1.82, 2.24) is 0 Å². The molecule has 200 valence electrons. The molecule has 0 N–H and O–H groups in total. The van der Waals surface area contributed by atoms with Gasteiger partial charge in [-0.3, -0.25) is 9.59 Å². The zero-order valence-electron chi connectivity index (χ0n) is 21.1. The van der Waals surface area contributed by atoms with Crippen molar-refractivity contribution in [2.45, 2.75) is 50.0 Å². The number of imide groups is 1. The third-order valence-electron chi connectivity index (χ3n) is 8.39. The van der Waals surface area contributed by atoms with Crippen LogP contribution in [0.2, 0.25) is 0 Å². The highest BCUT2D eigenvalue weighted by atomic mass is 19.4. The van der Waals surface area contributed by atoms with Gasteiger partial charge in [0.25, 0.3) is 0 Å². The molecule has 39 heavy (non-hydrogen) atoms. The van der Waals surface area contributed by atoms with Gasteiger partial charge in [-0.05, 0) is 56.5 Å². The Kier molecular flexibility index (Phi) is 5.74. The lowest BCUT2D eigenvalue weighted by atomic mass is 9.74. The number of hydrogen-bond donors (Lipinski definition) is 0. The van der Waals surface area contributed by atoms with E-state index in [0.717, 1.165) is 12.1 Å². The second kappa shape index (κ2) is 8.82. The van der Waals surface area contributed by atoms with Crippen molar-refractivity contribution in [3.8, 4) is 11.8 Å². The van der Waals surface area contributed by atoms with Crippen LogP contribution < -0.4 is 9.64 Å². The van der Waals surface area contributed by atoms with E-state index in [2.05, 4.69) is 6.07 Å². The minimum absolute atomic E-state index is 0.0296. The molecule has 0 radical (unpaired) electrons. The first-order valence-corrected chi connectivity index (χ1v) is 12.9. The minimum atomic E-state index is -4.49. The fourth-order valence-electron chi connectivity index (χ4n) is 6.67. The van der Waals surface area contributed by atoms with E-state index in [-0.39, 0.29) is 30.6 Å². The summed E-state index contributed by atoms with van der Waals surface area (Å²) in [7, 11) is 0. The summed E-state index contributed by atoms with van der Waals surface area (Å²) in [5, 5.41) is 10.8. The first-order valence-electron chi connectivity index (χ1n) is 12.9. The fraction of sp³-hybridized carbons (Fsp3) is 0.367. The molecule has 6 nitrogen and oxygen atoms in total. The van der Waals surface area contributed by atoms with Crippen LogP contribution in [0.4, 0.5) is 18.9 Å². The average Bonchev–Trinajstić information content (AvgIpc) is 3.32. The number of rotatable bonds is 5. The van der Waals surface area contributed by atoms with Gasteiger partial charge in [0.2, 0.25) is 11.8 Å². The van der Waals surface area contributed by atoms with Gasteiger partial charge in [-0.25, -0.2) is 4.90 Å². The second-order valence-corrected chi connectivity index (χ2v) is 10.8. The van der Waals surface area contributed by atoms with Crippen LogP contribution in [0.3, 0.4) is 0 Å². The Bertz CT molecular complexity index is 1550. The lowest BCUT2D eigenvalue weighted by molar-refractivity contribution is -0.186. The average molecular weight is 535 g/mol. The van der Waals surface area contributed by atoms with Crippen molar-refractivity contribution in [2.75, 3.05) is 11.5 Å². The summed E-state index contributed by atoms with van der Waals surface area (Å²) >= 11 is 0. The van der Waals surface area contributed by atoms with Crippen LogP contribution in [0, 0.1) is 23.2 Å². The topological polar surface area (TPSA) is 79.6 Å². The van der Waals surface area contributed by atoms with E-state index < -0.39 is 34.8 Å². The molecule has 0 unspecified atom stereocenters. The third-order valence-corrected chi connectivity index (χ3v) is 8.39. The molecule has 3 fully saturated rings. The molecule has 2 bridgehead atoms. The maximum atomic E-state index is 14.0. The fourth-order valence-corrected chi connectivity index (χ4v) is 6.67. The number of nitriles is 1. The molecule has 3 aromatic rings. The maximum absolute atomic E-state index is 14.0. The van der Waals surface area contributed by atoms with Crippen molar-refractivity contribution in [3.05, 3.63) is 71.8 Å². The molecule has 2 amide bonds. The van der Waals surface area contributed by atoms with Gasteiger partial charge in [0.1, 0.15) is 5.75 Å². The molecule has 6 rings (SSSR count). The molecule has 3 heterocycles. The number of benzene rings is 3. The lowest BCUT2D eigenvalue weighted by Gasteiger charge is -2.44. The Hall–Kier alpha value is -3.90. The van der Waals surface area contributed by atoms with Crippen LogP contribution >= 0.6 is 0 Å². The highest BCUT2D eigenvalue weighted by Gasteiger charge is 2.67. The van der Waals surface area contributed by atoms with Gasteiger partial charge in [0.05, 0.1) is 52.5 Å². The number of anilines is 1.